The van der Waals surface area contributed by atoms with Crippen LogP contribution in [-0.4, -0.2) is 12.8 Å². The first-order valence-corrected chi connectivity index (χ1v) is 20.1. The second-order valence-corrected chi connectivity index (χ2v) is 21.5. The van der Waals surface area contributed by atoms with E-state index < -0.39 is 5.31 Å². The number of aryl methyl sites for hydroxylation is 5. The van der Waals surface area contributed by atoms with E-state index in [0.29, 0.717) is 6.61 Å². The summed E-state index contributed by atoms with van der Waals surface area (Å²) in [6.45, 7) is 11.1. The van der Waals surface area contributed by atoms with E-state index in [2.05, 4.69) is 165 Å². The van der Waals surface area contributed by atoms with Crippen LogP contribution in [0.3, 0.4) is 0 Å². The first-order valence-electron chi connectivity index (χ1n) is 15.6. The van der Waals surface area contributed by atoms with Crippen molar-refractivity contribution in [2.45, 2.75) is 41.0 Å². The van der Waals surface area contributed by atoms with Crippen LogP contribution in [0.1, 0.15) is 34.2 Å². The third-order valence-electron chi connectivity index (χ3n) is 9.20. The summed E-state index contributed by atoms with van der Waals surface area (Å²) in [4.78, 5) is 13.2. The van der Waals surface area contributed by atoms with Crippen LogP contribution in [-0.2, 0) is 0 Å². The molecule has 0 N–H and O–H groups in total. The van der Waals surface area contributed by atoms with E-state index in [0.717, 1.165) is 62.8 Å². The standard InChI is InChI=1S/C41H40BrO2P/c1-28-24-29(2)37(30(3)25-28)39-40(41(39)43)38-31(4)26-33(27-32(38)5)44-22-15-23-45(42,34-16-9-6-10-17-34,35-18-11-7-12-19-35)36-20-13-8-14-21-36/h6-14,16-21,24-27H,15,22-23H2,1-5H3. The number of rotatable bonds is 10. The number of halogens is 1. The zero-order valence-corrected chi connectivity index (χ0v) is 29.2. The van der Waals surface area contributed by atoms with Crippen molar-refractivity contribution < 1.29 is 4.74 Å². The fourth-order valence-electron chi connectivity index (χ4n) is 7.23. The van der Waals surface area contributed by atoms with E-state index in [-0.39, 0.29) is 5.43 Å². The molecular weight excluding hydrogens is 635 g/mol. The molecule has 0 radical (unpaired) electrons. The zero-order chi connectivity index (χ0) is 31.8. The molecule has 6 rings (SSSR count). The molecule has 0 fully saturated rings. The Hall–Kier alpha value is -3.78. The maximum atomic E-state index is 13.2. The van der Waals surface area contributed by atoms with Crippen LogP contribution >= 0.6 is 20.8 Å². The molecule has 2 nitrogen and oxygen atoms in total. The van der Waals surface area contributed by atoms with Gasteiger partial charge >= 0.3 is 238 Å². The molecule has 0 aliphatic rings. The summed E-state index contributed by atoms with van der Waals surface area (Å²) in [7, 11) is 0. The van der Waals surface area contributed by atoms with Crippen LogP contribution in [0.25, 0.3) is 22.3 Å². The topological polar surface area (TPSA) is 26.3 Å². The van der Waals surface area contributed by atoms with Gasteiger partial charge in [-0.1, -0.05) is 17.7 Å². The summed E-state index contributed by atoms with van der Waals surface area (Å²) in [6, 6.07) is 41.2. The SMILES string of the molecule is Cc1cc(C)c(-c2c(-c3c(C)cc(OCCCP(Br)(c4ccccc4)(c4ccccc4)c4ccccc4)cc3C)c2=O)c(C)c1. The summed E-state index contributed by atoms with van der Waals surface area (Å²) >= 11 is 4.54. The van der Waals surface area contributed by atoms with Crippen molar-refractivity contribution in [2.75, 3.05) is 12.8 Å². The molecule has 0 aliphatic heterocycles. The quantitative estimate of drug-likeness (QED) is 0.107. The predicted molar refractivity (Wildman–Crippen MR) is 199 cm³/mol. The van der Waals surface area contributed by atoms with Crippen molar-refractivity contribution in [1.29, 1.82) is 0 Å². The van der Waals surface area contributed by atoms with Gasteiger partial charge in [-0.05, 0) is 20.8 Å². The molecule has 45 heavy (non-hydrogen) atoms. The first-order chi connectivity index (χ1) is 21.6. The monoisotopic (exact) mass is 674 g/mol. The molecule has 228 valence electrons. The molecule has 0 amide bonds. The minimum atomic E-state index is -2.99. The Morgan fingerprint density at radius 1 is 0.556 bits per heavy atom. The van der Waals surface area contributed by atoms with Gasteiger partial charge in [-0.3, -0.25) is 0 Å². The number of benzene rings is 5. The van der Waals surface area contributed by atoms with Gasteiger partial charge in [0.05, 0.1) is 0 Å². The van der Waals surface area contributed by atoms with E-state index in [1.54, 1.807) is 0 Å². The Kier molecular flexibility index (Phi) is 8.46. The van der Waals surface area contributed by atoms with Crippen molar-refractivity contribution in [3.05, 3.63) is 153 Å². The van der Waals surface area contributed by atoms with E-state index in [1.807, 2.05) is 0 Å². The fourth-order valence-corrected chi connectivity index (χ4v) is 14.9. The number of hydrogen-bond donors (Lipinski definition) is 0. The van der Waals surface area contributed by atoms with Crippen LogP contribution < -0.4 is 26.1 Å². The van der Waals surface area contributed by atoms with Crippen LogP contribution in [0.2, 0.25) is 0 Å². The molecule has 0 aromatic heterocycles. The third kappa shape index (κ3) is 5.51. The van der Waals surface area contributed by atoms with Gasteiger partial charge in [0.15, 0.2) is 0 Å². The van der Waals surface area contributed by atoms with Crippen molar-refractivity contribution >= 4 is 36.7 Å². The Morgan fingerprint density at radius 2 is 0.933 bits per heavy atom. The number of ether oxygens (including phenoxy) is 1. The average molecular weight is 676 g/mol. The molecule has 4 heteroatoms. The Morgan fingerprint density at radius 3 is 1.33 bits per heavy atom. The van der Waals surface area contributed by atoms with Gasteiger partial charge in [0.1, 0.15) is 0 Å². The molecule has 0 saturated heterocycles. The van der Waals surface area contributed by atoms with Crippen molar-refractivity contribution in [2.24, 2.45) is 0 Å². The van der Waals surface area contributed by atoms with Gasteiger partial charge in [-0.15, -0.1) is 0 Å². The van der Waals surface area contributed by atoms with Crippen molar-refractivity contribution in [1.82, 2.24) is 0 Å². The fraction of sp³-hybridized carbons (Fsp3) is 0.195. The zero-order valence-electron chi connectivity index (χ0n) is 26.7. The van der Waals surface area contributed by atoms with Crippen LogP contribution in [0.4, 0.5) is 0 Å². The second-order valence-electron chi connectivity index (χ2n) is 12.4. The summed E-state index contributed by atoms with van der Waals surface area (Å²) in [6.07, 6.45) is 1.78. The molecule has 0 atom stereocenters. The summed E-state index contributed by atoms with van der Waals surface area (Å²) < 4.78 is 6.46. The first kappa shape index (κ1) is 31.2. The maximum absolute atomic E-state index is 13.2. The molecule has 0 saturated carbocycles. The second kappa shape index (κ2) is 12.2. The van der Waals surface area contributed by atoms with Crippen LogP contribution in [0.15, 0.2) is 120 Å². The van der Waals surface area contributed by atoms with Crippen LogP contribution in [0, 0.1) is 34.6 Å². The minimum absolute atomic E-state index is 0.163. The van der Waals surface area contributed by atoms with E-state index >= 15 is 0 Å². The van der Waals surface area contributed by atoms with E-state index in [4.69, 9.17) is 4.74 Å². The summed E-state index contributed by atoms with van der Waals surface area (Å²) in [5.74, 6) is 0.848. The van der Waals surface area contributed by atoms with Gasteiger partial charge in [0.2, 0.25) is 0 Å². The summed E-state index contributed by atoms with van der Waals surface area (Å²) in [5.41, 5.74) is 9.71. The van der Waals surface area contributed by atoms with Crippen LogP contribution in [0.5, 0.6) is 5.75 Å². The molecule has 6 aromatic carbocycles. The smallest absolute Gasteiger partial charge is 0.0557 e. The van der Waals surface area contributed by atoms with Gasteiger partial charge in [-0.25, -0.2) is 0 Å². The Labute approximate surface area is 275 Å². The van der Waals surface area contributed by atoms with Gasteiger partial charge in [-0.2, -0.15) is 0 Å². The van der Waals surface area contributed by atoms with E-state index in [1.165, 1.54) is 21.5 Å². The Balaban J connectivity index is 1.27. The molecule has 0 heterocycles. The molecular formula is C41H40BrO2P. The van der Waals surface area contributed by atoms with Gasteiger partial charge in [0.25, 0.3) is 0 Å². The molecule has 6 aromatic rings. The van der Waals surface area contributed by atoms with Gasteiger partial charge in [0, 0.05) is 0 Å². The summed E-state index contributed by atoms with van der Waals surface area (Å²) in [5, 5.41) is 0.952. The van der Waals surface area contributed by atoms with Crippen molar-refractivity contribution in [3.63, 3.8) is 0 Å². The number of hydrogen-bond acceptors (Lipinski definition) is 2. The van der Waals surface area contributed by atoms with E-state index in [9.17, 15) is 4.79 Å². The predicted octanol–water partition coefficient (Wildman–Crippen LogP) is 9.41. The Bertz CT molecular complexity index is 1840. The third-order valence-corrected chi connectivity index (χ3v) is 19.2. The normalized spacial score (nSPS) is 12.6. The molecule has 0 unspecified atom stereocenters. The molecule has 0 aliphatic carbocycles. The molecule has 0 spiro atoms. The minimum Gasteiger partial charge on any atom is -0.0557 e. The molecule has 0 bridgehead atoms. The average Bonchev–Trinajstić information content (AvgIpc) is 3.68. The van der Waals surface area contributed by atoms with Gasteiger partial charge < -0.3 is 0 Å². The van der Waals surface area contributed by atoms with Crippen molar-refractivity contribution in [3.8, 4) is 28.0 Å².